The number of rotatable bonds is 4. The van der Waals surface area contributed by atoms with Crippen LogP contribution in [0.15, 0.2) is 54.6 Å². The molecule has 0 saturated carbocycles. The molecule has 1 heterocycles. The van der Waals surface area contributed by atoms with Crippen LogP contribution in [-0.4, -0.2) is 11.0 Å². The van der Waals surface area contributed by atoms with Crippen molar-refractivity contribution in [2.75, 3.05) is 0 Å². The minimum absolute atomic E-state index is 0.179. The molecule has 0 bridgehead atoms. The lowest BCUT2D eigenvalue weighted by molar-refractivity contribution is -0.138. The quantitative estimate of drug-likeness (QED) is 0.514. The molecule has 0 fully saturated rings. The van der Waals surface area contributed by atoms with E-state index in [2.05, 4.69) is 4.98 Å². The fraction of sp³-hybridized carbons (Fsp3) is 0.0588. The molecular weight excluding hydrogens is 318 g/mol. The van der Waals surface area contributed by atoms with Gasteiger partial charge in [-0.25, -0.2) is 9.78 Å². The van der Waals surface area contributed by atoms with Gasteiger partial charge in [0, 0.05) is 11.1 Å². The van der Waals surface area contributed by atoms with Gasteiger partial charge in [0.25, 0.3) is 0 Å². The van der Waals surface area contributed by atoms with Crippen LogP contribution >= 0.6 is 22.9 Å². The number of esters is 1. The molecule has 5 heteroatoms. The Morgan fingerprint density at radius 1 is 1.23 bits per heavy atom. The molecule has 0 atom stereocenters. The maximum atomic E-state index is 11.7. The molecular formula is C17H12ClNO2S. The van der Waals surface area contributed by atoms with Gasteiger partial charge in [-0.05, 0) is 35.9 Å². The first-order chi connectivity index (χ1) is 10.7. The van der Waals surface area contributed by atoms with E-state index in [1.807, 2.05) is 36.4 Å². The number of fused-ring (bicyclic) bond motifs is 1. The Labute approximate surface area is 136 Å². The van der Waals surface area contributed by atoms with Crippen molar-refractivity contribution in [3.8, 4) is 0 Å². The highest BCUT2D eigenvalue weighted by Crippen LogP contribution is 2.22. The van der Waals surface area contributed by atoms with Crippen LogP contribution in [0, 0.1) is 0 Å². The van der Waals surface area contributed by atoms with Gasteiger partial charge >= 0.3 is 5.97 Å². The standard InChI is InChI=1S/C17H12ClNO2S/c18-13-5-3-4-12(10-13)8-9-17(20)21-11-16-19-14-6-1-2-7-15(14)22-16/h1-10H,11H2. The van der Waals surface area contributed by atoms with Gasteiger partial charge in [-0.3, -0.25) is 0 Å². The van der Waals surface area contributed by atoms with Gasteiger partial charge in [0.1, 0.15) is 11.6 Å². The average Bonchev–Trinajstić information content (AvgIpc) is 2.94. The fourth-order valence-corrected chi connectivity index (χ4v) is 3.02. The monoisotopic (exact) mass is 329 g/mol. The number of aromatic nitrogens is 1. The molecule has 3 rings (SSSR count). The molecule has 0 N–H and O–H groups in total. The minimum atomic E-state index is -0.403. The number of carbonyl (C=O) groups excluding carboxylic acids is 1. The van der Waals surface area contributed by atoms with Crippen molar-refractivity contribution in [1.82, 2.24) is 4.98 Å². The summed E-state index contributed by atoms with van der Waals surface area (Å²) in [5.74, 6) is -0.403. The SMILES string of the molecule is O=C(C=Cc1cccc(Cl)c1)OCc1nc2ccccc2s1. The normalized spacial score (nSPS) is 11.1. The third-order valence-corrected chi connectivity index (χ3v) is 4.18. The summed E-state index contributed by atoms with van der Waals surface area (Å²) in [7, 11) is 0. The number of para-hydroxylation sites is 1. The largest absolute Gasteiger partial charge is 0.455 e. The number of benzene rings is 2. The first kappa shape index (κ1) is 14.8. The Morgan fingerprint density at radius 2 is 2.09 bits per heavy atom. The van der Waals surface area contributed by atoms with E-state index < -0.39 is 5.97 Å². The molecule has 0 amide bonds. The topological polar surface area (TPSA) is 39.2 Å². The van der Waals surface area contributed by atoms with Crippen molar-refractivity contribution >= 4 is 45.2 Å². The average molecular weight is 330 g/mol. The zero-order chi connectivity index (χ0) is 15.4. The molecule has 22 heavy (non-hydrogen) atoms. The van der Waals surface area contributed by atoms with Crippen LogP contribution in [-0.2, 0) is 16.1 Å². The van der Waals surface area contributed by atoms with Crippen molar-refractivity contribution < 1.29 is 9.53 Å². The van der Waals surface area contributed by atoms with Crippen LogP contribution in [0.5, 0.6) is 0 Å². The second kappa shape index (κ2) is 6.73. The maximum absolute atomic E-state index is 11.7. The summed E-state index contributed by atoms with van der Waals surface area (Å²) < 4.78 is 6.28. The minimum Gasteiger partial charge on any atom is -0.455 e. The van der Waals surface area contributed by atoms with E-state index >= 15 is 0 Å². The van der Waals surface area contributed by atoms with Crippen LogP contribution in [0.1, 0.15) is 10.6 Å². The summed E-state index contributed by atoms with van der Waals surface area (Å²) in [6.07, 6.45) is 3.06. The van der Waals surface area contributed by atoms with E-state index in [4.69, 9.17) is 16.3 Å². The molecule has 110 valence electrons. The molecule has 0 aliphatic rings. The molecule has 0 spiro atoms. The van der Waals surface area contributed by atoms with E-state index in [1.54, 1.807) is 18.2 Å². The summed E-state index contributed by atoms with van der Waals surface area (Å²) in [4.78, 5) is 16.1. The Hall–Kier alpha value is -2.17. The number of halogens is 1. The van der Waals surface area contributed by atoms with Crippen molar-refractivity contribution in [3.05, 3.63) is 70.2 Å². The van der Waals surface area contributed by atoms with Gasteiger partial charge in [0.05, 0.1) is 10.2 Å². The molecule has 0 aliphatic heterocycles. The van der Waals surface area contributed by atoms with Crippen LogP contribution in [0.2, 0.25) is 5.02 Å². The van der Waals surface area contributed by atoms with Gasteiger partial charge in [0.15, 0.2) is 0 Å². The number of hydrogen-bond acceptors (Lipinski definition) is 4. The molecule has 3 aromatic rings. The Bertz CT molecular complexity index is 808. The number of carbonyl (C=O) groups is 1. The van der Waals surface area contributed by atoms with E-state index in [9.17, 15) is 4.79 Å². The Morgan fingerprint density at radius 3 is 2.91 bits per heavy atom. The molecule has 3 nitrogen and oxygen atoms in total. The summed E-state index contributed by atoms with van der Waals surface area (Å²) in [6, 6.07) is 15.1. The Kier molecular flexibility index (Phi) is 4.51. The van der Waals surface area contributed by atoms with Gasteiger partial charge in [-0.2, -0.15) is 0 Å². The van der Waals surface area contributed by atoms with Crippen molar-refractivity contribution in [2.45, 2.75) is 6.61 Å². The van der Waals surface area contributed by atoms with Crippen molar-refractivity contribution in [1.29, 1.82) is 0 Å². The zero-order valence-corrected chi connectivity index (χ0v) is 13.1. The summed E-state index contributed by atoms with van der Waals surface area (Å²) >= 11 is 7.41. The fourth-order valence-electron chi connectivity index (χ4n) is 1.94. The molecule has 2 aromatic carbocycles. The predicted molar refractivity (Wildman–Crippen MR) is 89.9 cm³/mol. The van der Waals surface area contributed by atoms with E-state index in [1.165, 1.54) is 17.4 Å². The highest BCUT2D eigenvalue weighted by Gasteiger charge is 2.05. The number of thiazole rings is 1. The Balaban J connectivity index is 1.60. The lowest BCUT2D eigenvalue weighted by Crippen LogP contribution is -2.00. The molecule has 0 aliphatic carbocycles. The zero-order valence-electron chi connectivity index (χ0n) is 11.5. The van der Waals surface area contributed by atoms with Crippen LogP contribution < -0.4 is 0 Å². The third-order valence-electron chi connectivity index (χ3n) is 2.94. The first-order valence-electron chi connectivity index (χ1n) is 6.65. The van der Waals surface area contributed by atoms with Crippen molar-refractivity contribution in [3.63, 3.8) is 0 Å². The lowest BCUT2D eigenvalue weighted by Gasteiger charge is -1.98. The van der Waals surface area contributed by atoms with Gasteiger partial charge in [-0.1, -0.05) is 35.9 Å². The van der Waals surface area contributed by atoms with E-state index in [-0.39, 0.29) is 6.61 Å². The predicted octanol–water partition coefficient (Wildman–Crippen LogP) is 4.71. The highest BCUT2D eigenvalue weighted by molar-refractivity contribution is 7.18. The van der Waals surface area contributed by atoms with Gasteiger partial charge < -0.3 is 4.74 Å². The number of ether oxygens (including phenoxy) is 1. The van der Waals surface area contributed by atoms with E-state index in [0.29, 0.717) is 5.02 Å². The van der Waals surface area contributed by atoms with E-state index in [0.717, 1.165) is 20.8 Å². The second-order valence-electron chi connectivity index (χ2n) is 4.57. The smallest absolute Gasteiger partial charge is 0.331 e. The molecule has 1 aromatic heterocycles. The van der Waals surface area contributed by atoms with Crippen LogP contribution in [0.3, 0.4) is 0 Å². The maximum Gasteiger partial charge on any atom is 0.331 e. The summed E-state index contributed by atoms with van der Waals surface area (Å²) in [5.41, 5.74) is 1.78. The molecule has 0 unspecified atom stereocenters. The van der Waals surface area contributed by atoms with Crippen molar-refractivity contribution in [2.24, 2.45) is 0 Å². The summed E-state index contributed by atoms with van der Waals surface area (Å²) in [6.45, 7) is 0.179. The molecule has 0 radical (unpaired) electrons. The van der Waals surface area contributed by atoms with Crippen LogP contribution in [0.4, 0.5) is 0 Å². The highest BCUT2D eigenvalue weighted by atomic mass is 35.5. The summed E-state index contributed by atoms with van der Waals surface area (Å²) in [5, 5.41) is 1.41. The van der Waals surface area contributed by atoms with Gasteiger partial charge in [-0.15, -0.1) is 11.3 Å². The number of nitrogens with zero attached hydrogens (tertiary/aromatic N) is 1. The third kappa shape index (κ3) is 3.72. The first-order valence-corrected chi connectivity index (χ1v) is 7.85. The number of hydrogen-bond donors (Lipinski definition) is 0. The molecule has 0 saturated heterocycles. The lowest BCUT2D eigenvalue weighted by atomic mass is 10.2. The van der Waals surface area contributed by atoms with Crippen LogP contribution in [0.25, 0.3) is 16.3 Å². The van der Waals surface area contributed by atoms with Gasteiger partial charge in [0.2, 0.25) is 0 Å². The second-order valence-corrected chi connectivity index (χ2v) is 6.12.